The van der Waals surface area contributed by atoms with Gasteiger partial charge in [0.15, 0.2) is 0 Å². The van der Waals surface area contributed by atoms with Gasteiger partial charge < -0.3 is 20.3 Å². The molecule has 34 heavy (non-hydrogen) atoms. The van der Waals surface area contributed by atoms with Crippen LogP contribution in [0.5, 0.6) is 0 Å². The van der Waals surface area contributed by atoms with E-state index in [-0.39, 0.29) is 28.7 Å². The summed E-state index contributed by atoms with van der Waals surface area (Å²) >= 11 is 0. The molecule has 0 saturated carbocycles. The highest BCUT2D eigenvalue weighted by Crippen LogP contribution is 2.30. The molecule has 0 spiro atoms. The Bertz CT molecular complexity index is 1190. The van der Waals surface area contributed by atoms with Crippen molar-refractivity contribution in [1.82, 2.24) is 4.98 Å². The van der Waals surface area contributed by atoms with Crippen molar-refractivity contribution in [3.8, 4) is 0 Å². The lowest BCUT2D eigenvalue weighted by Gasteiger charge is -2.29. The second-order valence-electron chi connectivity index (χ2n) is 7.83. The average molecular weight is 465 g/mol. The Morgan fingerprint density at radius 2 is 1.97 bits per heavy atom. The SMILES string of the molecule is CC(Nc1ccc(C(=O)Nc2ccc(N3CCOCC3)c(F)c2)cc1[N+](=O)[O-])c1ccccn1. The van der Waals surface area contributed by atoms with E-state index in [2.05, 4.69) is 15.6 Å². The fraction of sp³-hybridized carbons (Fsp3) is 0.250. The number of nitro groups is 1. The fourth-order valence-electron chi connectivity index (χ4n) is 3.73. The van der Waals surface area contributed by atoms with Gasteiger partial charge in [-0.1, -0.05) is 6.07 Å². The lowest BCUT2D eigenvalue weighted by atomic mass is 10.1. The van der Waals surface area contributed by atoms with Crippen molar-refractivity contribution in [3.63, 3.8) is 0 Å². The highest BCUT2D eigenvalue weighted by molar-refractivity contribution is 6.05. The van der Waals surface area contributed by atoms with Crippen LogP contribution in [0.3, 0.4) is 0 Å². The van der Waals surface area contributed by atoms with Crippen molar-refractivity contribution in [2.45, 2.75) is 13.0 Å². The number of pyridine rings is 1. The second kappa shape index (κ2) is 10.3. The molecule has 1 atom stereocenters. The van der Waals surface area contributed by atoms with Gasteiger partial charge >= 0.3 is 0 Å². The van der Waals surface area contributed by atoms with E-state index in [1.165, 1.54) is 24.3 Å². The quantitative estimate of drug-likeness (QED) is 0.393. The summed E-state index contributed by atoms with van der Waals surface area (Å²) in [6.07, 6.45) is 1.64. The first kappa shape index (κ1) is 23.1. The number of morpholine rings is 1. The summed E-state index contributed by atoms with van der Waals surface area (Å²) in [5.74, 6) is -1.04. The van der Waals surface area contributed by atoms with Crippen LogP contribution < -0.4 is 15.5 Å². The number of ether oxygens (including phenoxy) is 1. The minimum absolute atomic E-state index is 0.0837. The van der Waals surface area contributed by atoms with E-state index in [0.717, 1.165) is 5.69 Å². The number of nitrogens with zero attached hydrogens (tertiary/aromatic N) is 3. The Morgan fingerprint density at radius 3 is 2.65 bits per heavy atom. The minimum atomic E-state index is -0.578. The van der Waals surface area contributed by atoms with Crippen LogP contribution in [0.15, 0.2) is 60.8 Å². The molecule has 2 N–H and O–H groups in total. The van der Waals surface area contributed by atoms with Crippen LogP contribution in [-0.4, -0.2) is 42.1 Å². The van der Waals surface area contributed by atoms with Gasteiger partial charge in [0.25, 0.3) is 11.6 Å². The Kier molecular flexibility index (Phi) is 6.98. The zero-order valence-electron chi connectivity index (χ0n) is 18.5. The zero-order chi connectivity index (χ0) is 24.1. The topological polar surface area (TPSA) is 110 Å². The number of hydrogen-bond acceptors (Lipinski definition) is 7. The van der Waals surface area contributed by atoms with E-state index in [4.69, 9.17) is 4.74 Å². The molecule has 1 aromatic heterocycles. The van der Waals surface area contributed by atoms with Gasteiger partial charge in [0.2, 0.25) is 0 Å². The summed E-state index contributed by atoms with van der Waals surface area (Å²) in [7, 11) is 0. The molecule has 1 aliphatic heterocycles. The highest BCUT2D eigenvalue weighted by Gasteiger charge is 2.21. The van der Waals surface area contributed by atoms with E-state index >= 15 is 0 Å². The molecule has 1 aliphatic rings. The zero-order valence-corrected chi connectivity index (χ0v) is 18.5. The van der Waals surface area contributed by atoms with E-state index < -0.39 is 16.6 Å². The maximum absolute atomic E-state index is 14.6. The molecule has 2 heterocycles. The predicted molar refractivity (Wildman–Crippen MR) is 127 cm³/mol. The number of hydrogen-bond donors (Lipinski definition) is 2. The fourth-order valence-corrected chi connectivity index (χ4v) is 3.73. The summed E-state index contributed by atoms with van der Waals surface area (Å²) in [6.45, 7) is 4.07. The monoisotopic (exact) mass is 465 g/mol. The van der Waals surface area contributed by atoms with E-state index in [1.54, 1.807) is 24.4 Å². The molecule has 1 amide bonds. The van der Waals surface area contributed by atoms with Crippen molar-refractivity contribution >= 4 is 28.7 Å². The normalized spacial score (nSPS) is 14.4. The van der Waals surface area contributed by atoms with Gasteiger partial charge in [0.05, 0.1) is 35.6 Å². The standard InChI is InChI=1S/C24H24FN5O4/c1-16(20-4-2-3-9-26-20)27-21-7-5-17(14-23(21)30(32)33)24(31)28-18-6-8-22(19(25)15-18)29-10-12-34-13-11-29/h2-9,14-16,27H,10-13H2,1H3,(H,28,31). The number of nitro benzene ring substituents is 1. The third-order valence-electron chi connectivity index (χ3n) is 5.52. The van der Waals surface area contributed by atoms with E-state index in [1.807, 2.05) is 24.0 Å². The summed E-state index contributed by atoms with van der Waals surface area (Å²) in [4.78, 5) is 30.0. The van der Waals surface area contributed by atoms with Gasteiger partial charge in [0, 0.05) is 36.6 Å². The number of nitrogens with one attached hydrogen (secondary N) is 2. The van der Waals surface area contributed by atoms with Crippen LogP contribution in [0.4, 0.5) is 27.1 Å². The first-order chi connectivity index (χ1) is 16.4. The van der Waals surface area contributed by atoms with Crippen molar-refractivity contribution < 1.29 is 18.8 Å². The van der Waals surface area contributed by atoms with Crippen molar-refractivity contribution in [2.75, 3.05) is 41.8 Å². The number of carbonyl (C=O) groups excluding carboxylic acids is 1. The number of rotatable bonds is 7. The van der Waals surface area contributed by atoms with Crippen molar-refractivity contribution in [1.29, 1.82) is 0 Å². The van der Waals surface area contributed by atoms with Crippen LogP contribution in [0.1, 0.15) is 29.0 Å². The molecule has 3 aromatic rings. The molecule has 176 valence electrons. The molecule has 1 fully saturated rings. The van der Waals surface area contributed by atoms with Gasteiger partial charge in [-0.2, -0.15) is 0 Å². The summed E-state index contributed by atoms with van der Waals surface area (Å²) in [6, 6.07) is 13.7. The molecular weight excluding hydrogens is 441 g/mol. The number of halogens is 1. The molecule has 9 nitrogen and oxygen atoms in total. The Labute approximate surface area is 195 Å². The van der Waals surface area contributed by atoms with E-state index in [9.17, 15) is 19.3 Å². The van der Waals surface area contributed by atoms with Crippen LogP contribution in [0, 0.1) is 15.9 Å². The average Bonchev–Trinajstić information content (AvgIpc) is 2.85. The largest absolute Gasteiger partial charge is 0.378 e. The smallest absolute Gasteiger partial charge is 0.293 e. The molecule has 1 saturated heterocycles. The molecule has 0 radical (unpaired) electrons. The molecule has 4 rings (SSSR count). The van der Waals surface area contributed by atoms with Gasteiger partial charge in [-0.15, -0.1) is 0 Å². The van der Waals surface area contributed by atoms with Crippen LogP contribution in [0.25, 0.3) is 0 Å². The van der Waals surface area contributed by atoms with Crippen molar-refractivity contribution in [2.24, 2.45) is 0 Å². The number of aromatic nitrogens is 1. The summed E-state index contributed by atoms with van der Waals surface area (Å²) in [5, 5.41) is 17.3. The molecular formula is C24H24FN5O4. The molecule has 0 aliphatic carbocycles. The van der Waals surface area contributed by atoms with Crippen LogP contribution in [0.2, 0.25) is 0 Å². The number of carbonyl (C=O) groups is 1. The lowest BCUT2D eigenvalue weighted by Crippen LogP contribution is -2.36. The highest BCUT2D eigenvalue weighted by atomic mass is 19.1. The van der Waals surface area contributed by atoms with E-state index in [0.29, 0.717) is 32.0 Å². The summed E-state index contributed by atoms with van der Waals surface area (Å²) < 4.78 is 19.9. The van der Waals surface area contributed by atoms with Gasteiger partial charge in [-0.25, -0.2) is 4.39 Å². The Hall–Kier alpha value is -4.05. The van der Waals surface area contributed by atoms with Crippen LogP contribution >= 0.6 is 0 Å². The molecule has 2 aromatic carbocycles. The maximum atomic E-state index is 14.6. The molecule has 0 bridgehead atoms. The Morgan fingerprint density at radius 1 is 1.18 bits per heavy atom. The Balaban J connectivity index is 1.49. The first-order valence-electron chi connectivity index (χ1n) is 10.8. The second-order valence-corrected chi connectivity index (χ2v) is 7.83. The lowest BCUT2D eigenvalue weighted by molar-refractivity contribution is -0.384. The van der Waals surface area contributed by atoms with Crippen LogP contribution in [-0.2, 0) is 4.74 Å². The van der Waals surface area contributed by atoms with Gasteiger partial charge in [0.1, 0.15) is 11.5 Å². The number of amides is 1. The molecule has 1 unspecified atom stereocenters. The van der Waals surface area contributed by atoms with Gasteiger partial charge in [-0.05, 0) is 49.4 Å². The third kappa shape index (κ3) is 5.29. The van der Waals surface area contributed by atoms with Crippen molar-refractivity contribution in [3.05, 3.63) is 88.0 Å². The summed E-state index contributed by atoms with van der Waals surface area (Å²) in [5.41, 5.74) is 1.52. The third-order valence-corrected chi connectivity index (χ3v) is 5.52. The predicted octanol–water partition coefficient (Wildman–Crippen LogP) is 4.39. The number of benzene rings is 2. The number of anilines is 3. The maximum Gasteiger partial charge on any atom is 0.293 e. The first-order valence-corrected chi connectivity index (χ1v) is 10.8. The van der Waals surface area contributed by atoms with Gasteiger partial charge in [-0.3, -0.25) is 19.9 Å². The minimum Gasteiger partial charge on any atom is -0.378 e. The molecule has 10 heteroatoms.